The van der Waals surface area contributed by atoms with Gasteiger partial charge in [0.15, 0.2) is 0 Å². The summed E-state index contributed by atoms with van der Waals surface area (Å²) in [5.74, 6) is -0.699. The van der Waals surface area contributed by atoms with Gasteiger partial charge in [-0.2, -0.15) is 0 Å². The van der Waals surface area contributed by atoms with Crippen molar-refractivity contribution in [3.8, 4) is 0 Å². The van der Waals surface area contributed by atoms with E-state index in [-0.39, 0.29) is 6.04 Å². The molecule has 0 rings (SSSR count). The molecule has 1 unspecified atom stereocenters. The Kier molecular flexibility index (Phi) is 15.4. The van der Waals surface area contributed by atoms with E-state index in [1.165, 1.54) is 64.2 Å². The summed E-state index contributed by atoms with van der Waals surface area (Å²) in [4.78, 5) is 11.1. The molecule has 3 heteroatoms. The molecule has 0 aromatic rings. The third-order valence-electron chi connectivity index (χ3n) is 4.04. The van der Waals surface area contributed by atoms with Gasteiger partial charge in [0.2, 0.25) is 0 Å². The van der Waals surface area contributed by atoms with Crippen LogP contribution >= 0.6 is 0 Å². The molecule has 21 heavy (non-hydrogen) atoms. The van der Waals surface area contributed by atoms with Crippen LogP contribution in [-0.2, 0) is 4.79 Å². The van der Waals surface area contributed by atoms with Crippen molar-refractivity contribution in [2.75, 3.05) is 6.54 Å². The van der Waals surface area contributed by atoms with E-state index >= 15 is 0 Å². The summed E-state index contributed by atoms with van der Waals surface area (Å²) in [5, 5.41) is 12.2. The Morgan fingerprint density at radius 1 is 0.810 bits per heavy atom. The van der Waals surface area contributed by atoms with Crippen LogP contribution in [0.15, 0.2) is 0 Å². The maximum absolute atomic E-state index is 11.1. The van der Waals surface area contributed by atoms with Crippen molar-refractivity contribution in [1.29, 1.82) is 0 Å². The average Bonchev–Trinajstić information content (AvgIpc) is 2.47. The SMILES string of the molecule is CCCCCCCCCCCCCC(NCCC)C(=O)O. The predicted octanol–water partition coefficient (Wildman–Crippen LogP) is 5.14. The zero-order valence-electron chi connectivity index (χ0n) is 14.3. The Balaban J connectivity index is 3.31. The van der Waals surface area contributed by atoms with Crippen molar-refractivity contribution in [2.24, 2.45) is 0 Å². The molecule has 0 aromatic carbocycles. The fourth-order valence-corrected chi connectivity index (χ4v) is 2.64. The minimum absolute atomic E-state index is 0.344. The normalized spacial score (nSPS) is 12.5. The van der Waals surface area contributed by atoms with E-state index < -0.39 is 5.97 Å². The van der Waals surface area contributed by atoms with Gasteiger partial charge in [0.1, 0.15) is 6.04 Å². The van der Waals surface area contributed by atoms with Crippen LogP contribution in [0.2, 0.25) is 0 Å². The molecule has 0 saturated heterocycles. The Morgan fingerprint density at radius 3 is 1.71 bits per heavy atom. The first-order chi connectivity index (χ1) is 10.2. The molecule has 126 valence electrons. The molecular weight excluding hydrogens is 262 g/mol. The molecule has 0 radical (unpaired) electrons. The maximum Gasteiger partial charge on any atom is 0.320 e. The van der Waals surface area contributed by atoms with Gasteiger partial charge in [0, 0.05) is 0 Å². The summed E-state index contributed by atoms with van der Waals surface area (Å²) in [6.45, 7) is 5.12. The lowest BCUT2D eigenvalue weighted by molar-refractivity contribution is -0.139. The smallest absolute Gasteiger partial charge is 0.320 e. The van der Waals surface area contributed by atoms with Gasteiger partial charge in [-0.1, -0.05) is 84.5 Å². The number of carboxylic acid groups (broad SMARTS) is 1. The Hall–Kier alpha value is -0.570. The quantitative estimate of drug-likeness (QED) is 0.388. The highest BCUT2D eigenvalue weighted by atomic mass is 16.4. The summed E-state index contributed by atoms with van der Waals surface area (Å²) in [7, 11) is 0. The fraction of sp³-hybridized carbons (Fsp3) is 0.944. The molecule has 0 aliphatic rings. The molecule has 0 amide bonds. The minimum atomic E-state index is -0.699. The lowest BCUT2D eigenvalue weighted by atomic mass is 10.0. The van der Waals surface area contributed by atoms with Gasteiger partial charge >= 0.3 is 5.97 Å². The van der Waals surface area contributed by atoms with Crippen LogP contribution < -0.4 is 5.32 Å². The van der Waals surface area contributed by atoms with Gasteiger partial charge in [-0.05, 0) is 19.4 Å². The number of aliphatic carboxylic acids is 1. The summed E-state index contributed by atoms with van der Waals surface area (Å²) in [6, 6.07) is -0.344. The number of hydrogen-bond acceptors (Lipinski definition) is 2. The molecule has 0 heterocycles. The van der Waals surface area contributed by atoms with Crippen LogP contribution in [0.4, 0.5) is 0 Å². The first-order valence-electron chi connectivity index (χ1n) is 9.18. The van der Waals surface area contributed by atoms with Crippen LogP contribution in [0.3, 0.4) is 0 Å². The second-order valence-electron chi connectivity index (χ2n) is 6.17. The summed E-state index contributed by atoms with van der Waals surface area (Å²) in [5.41, 5.74) is 0. The van der Waals surface area contributed by atoms with Crippen LogP contribution in [-0.4, -0.2) is 23.7 Å². The molecule has 3 nitrogen and oxygen atoms in total. The van der Waals surface area contributed by atoms with Crippen LogP contribution in [0.1, 0.15) is 97.3 Å². The number of rotatable bonds is 16. The molecule has 2 N–H and O–H groups in total. The number of carbonyl (C=O) groups is 1. The summed E-state index contributed by atoms with van der Waals surface area (Å²) >= 11 is 0. The van der Waals surface area contributed by atoms with Crippen molar-refractivity contribution < 1.29 is 9.90 Å². The van der Waals surface area contributed by atoms with Crippen LogP contribution in [0, 0.1) is 0 Å². The van der Waals surface area contributed by atoms with Gasteiger partial charge in [-0.3, -0.25) is 4.79 Å². The average molecular weight is 299 g/mol. The number of hydrogen-bond donors (Lipinski definition) is 2. The van der Waals surface area contributed by atoms with Crippen molar-refractivity contribution in [3.05, 3.63) is 0 Å². The van der Waals surface area contributed by atoms with E-state index in [0.29, 0.717) is 0 Å². The standard InChI is InChI=1S/C18H37NO2/c1-3-5-6-7-8-9-10-11-12-13-14-15-17(18(20)21)19-16-4-2/h17,19H,3-16H2,1-2H3,(H,20,21). The molecule has 0 fully saturated rings. The molecular formula is C18H37NO2. The third kappa shape index (κ3) is 14.1. The van der Waals surface area contributed by atoms with Crippen LogP contribution in [0.25, 0.3) is 0 Å². The van der Waals surface area contributed by atoms with Gasteiger partial charge in [0.25, 0.3) is 0 Å². The molecule has 1 atom stereocenters. The van der Waals surface area contributed by atoms with Gasteiger partial charge in [-0.15, -0.1) is 0 Å². The van der Waals surface area contributed by atoms with E-state index in [9.17, 15) is 4.79 Å². The zero-order valence-corrected chi connectivity index (χ0v) is 14.3. The predicted molar refractivity (Wildman–Crippen MR) is 90.8 cm³/mol. The van der Waals surface area contributed by atoms with E-state index in [1.54, 1.807) is 0 Å². The fourth-order valence-electron chi connectivity index (χ4n) is 2.64. The largest absolute Gasteiger partial charge is 0.480 e. The van der Waals surface area contributed by atoms with E-state index in [1.807, 2.05) is 0 Å². The molecule has 0 aromatic heterocycles. The Labute approximate surface area is 131 Å². The van der Waals surface area contributed by atoms with Gasteiger partial charge < -0.3 is 10.4 Å². The Bertz CT molecular complexity index is 231. The monoisotopic (exact) mass is 299 g/mol. The van der Waals surface area contributed by atoms with Crippen molar-refractivity contribution in [3.63, 3.8) is 0 Å². The topological polar surface area (TPSA) is 49.3 Å². The van der Waals surface area contributed by atoms with Gasteiger partial charge in [0.05, 0.1) is 0 Å². The third-order valence-corrected chi connectivity index (χ3v) is 4.04. The van der Waals surface area contributed by atoms with Crippen molar-refractivity contribution in [1.82, 2.24) is 5.32 Å². The highest BCUT2D eigenvalue weighted by Gasteiger charge is 2.14. The zero-order chi connectivity index (χ0) is 15.8. The molecule has 0 saturated carbocycles. The number of nitrogens with one attached hydrogen (secondary N) is 1. The molecule has 0 aliphatic heterocycles. The lowest BCUT2D eigenvalue weighted by Crippen LogP contribution is -2.36. The van der Waals surface area contributed by atoms with Crippen molar-refractivity contribution >= 4 is 5.97 Å². The Morgan fingerprint density at radius 2 is 1.29 bits per heavy atom. The van der Waals surface area contributed by atoms with Crippen molar-refractivity contribution in [2.45, 2.75) is 103 Å². The van der Waals surface area contributed by atoms with Gasteiger partial charge in [-0.25, -0.2) is 0 Å². The second-order valence-corrected chi connectivity index (χ2v) is 6.17. The van der Waals surface area contributed by atoms with E-state index in [0.717, 1.165) is 25.8 Å². The molecule has 0 aliphatic carbocycles. The number of carboxylic acids is 1. The second kappa shape index (κ2) is 15.8. The highest BCUT2D eigenvalue weighted by Crippen LogP contribution is 2.12. The minimum Gasteiger partial charge on any atom is -0.480 e. The summed E-state index contributed by atoms with van der Waals surface area (Å²) < 4.78 is 0. The van der Waals surface area contributed by atoms with E-state index in [2.05, 4.69) is 19.2 Å². The lowest BCUT2D eigenvalue weighted by Gasteiger charge is -2.13. The van der Waals surface area contributed by atoms with E-state index in [4.69, 9.17) is 5.11 Å². The first kappa shape index (κ1) is 20.4. The maximum atomic E-state index is 11.1. The first-order valence-corrected chi connectivity index (χ1v) is 9.18. The highest BCUT2D eigenvalue weighted by molar-refractivity contribution is 5.73. The molecule has 0 bridgehead atoms. The summed E-state index contributed by atoms with van der Waals surface area (Å²) in [6.07, 6.45) is 16.2. The van der Waals surface area contributed by atoms with Crippen LogP contribution in [0.5, 0.6) is 0 Å². The number of unbranched alkanes of at least 4 members (excludes halogenated alkanes) is 10. The molecule has 0 spiro atoms.